The summed E-state index contributed by atoms with van der Waals surface area (Å²) in [5.74, 6) is 0.286. The smallest absolute Gasteiger partial charge is 0.230 e. The van der Waals surface area contributed by atoms with Gasteiger partial charge in [0, 0.05) is 32.0 Å². The largest absolute Gasteiger partial charge is 0.333 e. The van der Waals surface area contributed by atoms with Gasteiger partial charge in [-0.2, -0.15) is 0 Å². The molecule has 118 valence electrons. The van der Waals surface area contributed by atoms with Gasteiger partial charge in [-0.3, -0.25) is 9.78 Å². The zero-order valence-electron chi connectivity index (χ0n) is 13.1. The van der Waals surface area contributed by atoms with Crippen molar-refractivity contribution in [1.82, 2.24) is 15.2 Å². The minimum Gasteiger partial charge on any atom is -0.333 e. The first kappa shape index (κ1) is 14.4. The minimum absolute atomic E-state index is 0.0171. The normalized spacial score (nSPS) is 23.6. The van der Waals surface area contributed by atoms with Crippen LogP contribution in [0.15, 0.2) is 48.8 Å². The number of nitrogens with zero attached hydrogens (tertiary/aromatic N) is 2. The zero-order chi connectivity index (χ0) is 15.6. The van der Waals surface area contributed by atoms with Gasteiger partial charge in [0.25, 0.3) is 0 Å². The summed E-state index contributed by atoms with van der Waals surface area (Å²) >= 11 is 0. The van der Waals surface area contributed by atoms with E-state index in [-0.39, 0.29) is 17.9 Å². The molecular formula is C19H21N3O. The van der Waals surface area contributed by atoms with Crippen LogP contribution in [0.25, 0.3) is 0 Å². The predicted molar refractivity (Wildman–Crippen MR) is 89.1 cm³/mol. The lowest BCUT2D eigenvalue weighted by molar-refractivity contribution is -0.136. The fourth-order valence-electron chi connectivity index (χ4n) is 3.85. The van der Waals surface area contributed by atoms with Crippen molar-refractivity contribution in [2.75, 3.05) is 19.6 Å². The van der Waals surface area contributed by atoms with Crippen LogP contribution in [0.3, 0.4) is 0 Å². The van der Waals surface area contributed by atoms with E-state index in [1.807, 2.05) is 18.3 Å². The van der Waals surface area contributed by atoms with Crippen molar-refractivity contribution in [1.29, 1.82) is 0 Å². The molecular weight excluding hydrogens is 286 g/mol. The summed E-state index contributed by atoms with van der Waals surface area (Å²) in [4.78, 5) is 19.5. The van der Waals surface area contributed by atoms with Crippen LogP contribution in [0, 0.1) is 0 Å². The third-order valence-corrected chi connectivity index (χ3v) is 5.03. The molecule has 2 unspecified atom stereocenters. The number of aryl methyl sites for hydroxylation is 1. The second-order valence-electron chi connectivity index (χ2n) is 6.33. The van der Waals surface area contributed by atoms with Gasteiger partial charge in [-0.25, -0.2) is 0 Å². The molecule has 2 aliphatic rings. The molecule has 1 aliphatic heterocycles. The van der Waals surface area contributed by atoms with E-state index in [4.69, 9.17) is 0 Å². The lowest BCUT2D eigenvalue weighted by Gasteiger charge is -2.38. The molecule has 0 saturated carbocycles. The van der Waals surface area contributed by atoms with Crippen LogP contribution < -0.4 is 5.32 Å². The van der Waals surface area contributed by atoms with Crippen molar-refractivity contribution in [3.63, 3.8) is 0 Å². The van der Waals surface area contributed by atoms with Gasteiger partial charge >= 0.3 is 0 Å². The molecule has 1 aromatic carbocycles. The van der Waals surface area contributed by atoms with Gasteiger partial charge in [-0.15, -0.1) is 0 Å². The van der Waals surface area contributed by atoms with E-state index in [2.05, 4.69) is 39.5 Å². The molecule has 1 aliphatic carbocycles. The van der Waals surface area contributed by atoms with Crippen molar-refractivity contribution >= 4 is 5.91 Å². The fourth-order valence-corrected chi connectivity index (χ4v) is 3.85. The second kappa shape index (κ2) is 6.13. The summed E-state index contributed by atoms with van der Waals surface area (Å²) in [6.45, 7) is 2.42. The molecule has 0 radical (unpaired) electrons. The molecule has 2 heterocycles. The zero-order valence-corrected chi connectivity index (χ0v) is 13.1. The summed E-state index contributed by atoms with van der Waals surface area (Å²) in [7, 11) is 0. The highest BCUT2D eigenvalue weighted by Crippen LogP contribution is 2.36. The summed E-state index contributed by atoms with van der Waals surface area (Å²) in [5, 5.41) is 3.41. The van der Waals surface area contributed by atoms with Crippen molar-refractivity contribution in [2.45, 2.75) is 24.8 Å². The number of pyridine rings is 1. The first-order chi connectivity index (χ1) is 11.3. The van der Waals surface area contributed by atoms with Crippen molar-refractivity contribution in [3.8, 4) is 0 Å². The maximum atomic E-state index is 13.2. The molecule has 4 rings (SSSR count). The van der Waals surface area contributed by atoms with Gasteiger partial charge in [-0.1, -0.05) is 30.3 Å². The molecule has 23 heavy (non-hydrogen) atoms. The number of hydrogen-bond donors (Lipinski definition) is 1. The van der Waals surface area contributed by atoms with Crippen LogP contribution in [-0.2, 0) is 11.2 Å². The molecule has 1 aromatic heterocycles. The highest BCUT2D eigenvalue weighted by atomic mass is 16.2. The summed E-state index contributed by atoms with van der Waals surface area (Å²) in [6.07, 6.45) is 5.60. The van der Waals surface area contributed by atoms with Crippen LogP contribution in [-0.4, -0.2) is 35.4 Å². The highest BCUT2D eigenvalue weighted by Gasteiger charge is 2.36. The van der Waals surface area contributed by atoms with E-state index in [9.17, 15) is 4.79 Å². The van der Waals surface area contributed by atoms with Gasteiger partial charge in [0.15, 0.2) is 0 Å². The monoisotopic (exact) mass is 307 g/mol. The van der Waals surface area contributed by atoms with E-state index in [1.165, 1.54) is 11.1 Å². The number of hydrogen-bond acceptors (Lipinski definition) is 3. The number of fused-ring (bicyclic) bond motifs is 1. The first-order valence-electron chi connectivity index (χ1n) is 8.33. The van der Waals surface area contributed by atoms with E-state index in [0.717, 1.165) is 38.0 Å². The maximum Gasteiger partial charge on any atom is 0.230 e. The quantitative estimate of drug-likeness (QED) is 0.926. The Morgan fingerprint density at radius 2 is 2.13 bits per heavy atom. The minimum atomic E-state index is 0.0171. The number of amides is 1. The highest BCUT2D eigenvalue weighted by molar-refractivity contribution is 5.85. The number of rotatable bonds is 2. The average molecular weight is 307 g/mol. The van der Waals surface area contributed by atoms with Crippen molar-refractivity contribution in [3.05, 3.63) is 65.5 Å². The average Bonchev–Trinajstić information content (AvgIpc) is 3.06. The Morgan fingerprint density at radius 3 is 3.00 bits per heavy atom. The Morgan fingerprint density at radius 1 is 1.22 bits per heavy atom. The molecule has 1 amide bonds. The first-order valence-corrected chi connectivity index (χ1v) is 8.33. The maximum absolute atomic E-state index is 13.2. The van der Waals surface area contributed by atoms with Crippen LogP contribution in [0.2, 0.25) is 0 Å². The summed E-state index contributed by atoms with van der Waals surface area (Å²) in [5.41, 5.74) is 3.67. The Hall–Kier alpha value is -2.20. The Labute approximate surface area is 136 Å². The van der Waals surface area contributed by atoms with Crippen LogP contribution in [0.1, 0.15) is 35.1 Å². The van der Waals surface area contributed by atoms with E-state index < -0.39 is 0 Å². The Kier molecular flexibility index (Phi) is 3.83. The van der Waals surface area contributed by atoms with Gasteiger partial charge in [0.1, 0.15) is 0 Å². The number of carbonyl (C=O) groups is 1. The number of aromatic nitrogens is 1. The SMILES string of the molecule is O=C(C1CCc2ccccc21)N1CCNCC1c1cccnc1. The Balaban J connectivity index is 1.62. The molecule has 0 spiro atoms. The van der Waals surface area contributed by atoms with Crippen LogP contribution >= 0.6 is 0 Å². The van der Waals surface area contributed by atoms with Crippen LogP contribution in [0.5, 0.6) is 0 Å². The van der Waals surface area contributed by atoms with E-state index in [1.54, 1.807) is 6.20 Å². The molecule has 2 atom stereocenters. The topological polar surface area (TPSA) is 45.2 Å². The van der Waals surface area contributed by atoms with E-state index >= 15 is 0 Å². The van der Waals surface area contributed by atoms with Crippen LogP contribution in [0.4, 0.5) is 0 Å². The molecule has 1 saturated heterocycles. The fraction of sp³-hybridized carbons (Fsp3) is 0.368. The second-order valence-corrected chi connectivity index (χ2v) is 6.33. The molecule has 0 bridgehead atoms. The molecule has 1 N–H and O–H groups in total. The number of nitrogens with one attached hydrogen (secondary N) is 1. The lowest BCUT2D eigenvalue weighted by atomic mass is 9.97. The lowest BCUT2D eigenvalue weighted by Crippen LogP contribution is -2.50. The Bertz CT molecular complexity index is 701. The van der Waals surface area contributed by atoms with Gasteiger partial charge in [-0.05, 0) is 35.6 Å². The number of carbonyl (C=O) groups excluding carboxylic acids is 1. The third-order valence-electron chi connectivity index (χ3n) is 5.03. The van der Waals surface area contributed by atoms with Gasteiger partial charge in [0.05, 0.1) is 12.0 Å². The summed E-state index contributed by atoms with van der Waals surface area (Å²) < 4.78 is 0. The third kappa shape index (κ3) is 2.63. The standard InChI is InChI=1S/C19H21N3O/c23-19(17-8-7-14-4-1-2-6-16(14)17)22-11-10-21-13-18(22)15-5-3-9-20-12-15/h1-6,9,12,17-18,21H,7-8,10-11,13H2. The number of piperazine rings is 1. The van der Waals surface area contributed by atoms with Crippen molar-refractivity contribution in [2.24, 2.45) is 0 Å². The van der Waals surface area contributed by atoms with Crippen molar-refractivity contribution < 1.29 is 4.79 Å². The summed E-state index contributed by atoms with van der Waals surface area (Å²) in [6, 6.07) is 12.5. The molecule has 2 aromatic rings. The van der Waals surface area contributed by atoms with Gasteiger partial charge in [0.2, 0.25) is 5.91 Å². The van der Waals surface area contributed by atoms with Gasteiger partial charge < -0.3 is 10.2 Å². The molecule has 4 heteroatoms. The predicted octanol–water partition coefficient (Wildman–Crippen LogP) is 2.28. The van der Waals surface area contributed by atoms with E-state index in [0.29, 0.717) is 0 Å². The molecule has 1 fully saturated rings. The molecule has 4 nitrogen and oxygen atoms in total. The number of benzene rings is 1.